The van der Waals surface area contributed by atoms with Gasteiger partial charge >= 0.3 is 0 Å². The van der Waals surface area contributed by atoms with E-state index in [2.05, 4.69) is 41.5 Å². The van der Waals surface area contributed by atoms with E-state index < -0.39 is 0 Å². The summed E-state index contributed by atoms with van der Waals surface area (Å²) in [6.07, 6.45) is 1.90. The third-order valence-electron chi connectivity index (χ3n) is 4.41. The first kappa shape index (κ1) is 13.6. The number of amides is 1. The Morgan fingerprint density at radius 3 is 2.80 bits per heavy atom. The van der Waals surface area contributed by atoms with E-state index in [0.29, 0.717) is 0 Å². The number of fused-ring (bicyclic) bond motifs is 1. The van der Waals surface area contributed by atoms with Crippen LogP contribution in [0.4, 0.5) is 0 Å². The molecule has 1 N–H and O–H groups in total. The molecule has 2 aliphatic heterocycles. The minimum Gasteiger partial charge on any atom is -0.340 e. The van der Waals surface area contributed by atoms with Gasteiger partial charge in [0.25, 0.3) is 0 Å². The quantitative estimate of drug-likeness (QED) is 0.824. The van der Waals surface area contributed by atoms with E-state index in [9.17, 15) is 4.79 Å². The standard InChI is InChI=1S/C16H23N3O/c1-18-7-4-8-19(10-9-18)16(20)15-11-13-5-2-3-6-14(13)12-17-15/h2-3,5-6,15,17H,4,7-12H2,1H3/t15-/m0/s1. The Balaban J connectivity index is 1.66. The van der Waals surface area contributed by atoms with Gasteiger partial charge in [-0.1, -0.05) is 24.3 Å². The van der Waals surface area contributed by atoms with Crippen LogP contribution in [0.5, 0.6) is 0 Å². The van der Waals surface area contributed by atoms with Gasteiger partial charge < -0.3 is 15.1 Å². The Kier molecular flexibility index (Phi) is 4.03. The number of hydrogen-bond acceptors (Lipinski definition) is 3. The van der Waals surface area contributed by atoms with Crippen LogP contribution in [-0.4, -0.2) is 55.0 Å². The zero-order chi connectivity index (χ0) is 13.9. The summed E-state index contributed by atoms with van der Waals surface area (Å²) in [5.41, 5.74) is 2.64. The molecule has 0 radical (unpaired) electrons. The molecule has 0 aliphatic carbocycles. The number of nitrogens with one attached hydrogen (secondary N) is 1. The molecule has 4 nitrogen and oxygen atoms in total. The van der Waals surface area contributed by atoms with Crippen LogP contribution >= 0.6 is 0 Å². The maximum atomic E-state index is 12.7. The van der Waals surface area contributed by atoms with Gasteiger partial charge in [0.1, 0.15) is 0 Å². The number of likely N-dealkylation sites (N-methyl/N-ethyl adjacent to an activating group) is 1. The van der Waals surface area contributed by atoms with Gasteiger partial charge in [-0.2, -0.15) is 0 Å². The van der Waals surface area contributed by atoms with Gasteiger partial charge in [0.15, 0.2) is 0 Å². The monoisotopic (exact) mass is 273 g/mol. The molecule has 1 aromatic rings. The molecule has 0 spiro atoms. The second kappa shape index (κ2) is 5.94. The number of carbonyl (C=O) groups is 1. The van der Waals surface area contributed by atoms with Crippen molar-refractivity contribution in [2.75, 3.05) is 33.2 Å². The molecule has 2 heterocycles. The van der Waals surface area contributed by atoms with Crippen molar-refractivity contribution in [3.63, 3.8) is 0 Å². The lowest BCUT2D eigenvalue weighted by Crippen LogP contribution is -2.50. The summed E-state index contributed by atoms with van der Waals surface area (Å²) in [5.74, 6) is 0.273. The highest BCUT2D eigenvalue weighted by Gasteiger charge is 2.28. The minimum absolute atomic E-state index is 0.0479. The number of rotatable bonds is 1. The zero-order valence-corrected chi connectivity index (χ0v) is 12.1. The summed E-state index contributed by atoms with van der Waals surface area (Å²) in [4.78, 5) is 17.0. The molecule has 20 heavy (non-hydrogen) atoms. The number of hydrogen-bond donors (Lipinski definition) is 1. The Hall–Kier alpha value is -1.39. The maximum Gasteiger partial charge on any atom is 0.240 e. The van der Waals surface area contributed by atoms with Gasteiger partial charge in [-0.15, -0.1) is 0 Å². The summed E-state index contributed by atoms with van der Waals surface area (Å²) in [5, 5.41) is 3.40. The van der Waals surface area contributed by atoms with E-state index in [1.165, 1.54) is 11.1 Å². The third kappa shape index (κ3) is 2.86. The van der Waals surface area contributed by atoms with E-state index in [-0.39, 0.29) is 11.9 Å². The molecule has 1 atom stereocenters. The van der Waals surface area contributed by atoms with Gasteiger partial charge in [-0.25, -0.2) is 0 Å². The first-order valence-corrected chi connectivity index (χ1v) is 7.51. The Morgan fingerprint density at radius 1 is 1.15 bits per heavy atom. The van der Waals surface area contributed by atoms with Gasteiger partial charge in [-0.05, 0) is 37.6 Å². The fourth-order valence-corrected chi connectivity index (χ4v) is 3.12. The molecular weight excluding hydrogens is 250 g/mol. The second-order valence-corrected chi connectivity index (χ2v) is 5.89. The molecule has 3 rings (SSSR count). The average Bonchev–Trinajstić information content (AvgIpc) is 2.71. The molecular formula is C16H23N3O. The molecule has 108 valence electrons. The molecule has 0 unspecified atom stereocenters. The highest BCUT2D eigenvalue weighted by atomic mass is 16.2. The SMILES string of the molecule is CN1CCCN(C(=O)[C@@H]2Cc3ccccc3CN2)CC1. The van der Waals surface area contributed by atoms with Crippen LogP contribution in [0.1, 0.15) is 17.5 Å². The Labute approximate surface area is 120 Å². The first-order chi connectivity index (χ1) is 9.74. The smallest absolute Gasteiger partial charge is 0.240 e. The van der Waals surface area contributed by atoms with Crippen molar-refractivity contribution in [1.82, 2.24) is 15.1 Å². The number of benzene rings is 1. The molecule has 0 bridgehead atoms. The summed E-state index contributed by atoms with van der Waals surface area (Å²) in [6.45, 7) is 4.62. The van der Waals surface area contributed by atoms with Gasteiger partial charge in [-0.3, -0.25) is 4.79 Å². The second-order valence-electron chi connectivity index (χ2n) is 5.89. The lowest BCUT2D eigenvalue weighted by molar-refractivity contribution is -0.133. The van der Waals surface area contributed by atoms with E-state index in [1.807, 2.05) is 4.90 Å². The van der Waals surface area contributed by atoms with Gasteiger partial charge in [0, 0.05) is 26.2 Å². The average molecular weight is 273 g/mol. The molecule has 2 aliphatic rings. The molecule has 4 heteroatoms. The Morgan fingerprint density at radius 2 is 1.95 bits per heavy atom. The van der Waals surface area contributed by atoms with Crippen LogP contribution < -0.4 is 5.32 Å². The third-order valence-corrected chi connectivity index (χ3v) is 4.41. The fourth-order valence-electron chi connectivity index (χ4n) is 3.12. The summed E-state index contributed by atoms with van der Waals surface area (Å²) < 4.78 is 0. The molecule has 1 fully saturated rings. The van der Waals surface area contributed by atoms with E-state index in [1.54, 1.807) is 0 Å². The first-order valence-electron chi connectivity index (χ1n) is 7.51. The van der Waals surface area contributed by atoms with Gasteiger partial charge in [0.2, 0.25) is 5.91 Å². The summed E-state index contributed by atoms with van der Waals surface area (Å²) >= 11 is 0. The van der Waals surface area contributed by atoms with Crippen molar-refractivity contribution in [2.45, 2.75) is 25.4 Å². The Bertz CT molecular complexity index is 488. The molecule has 1 amide bonds. The highest BCUT2D eigenvalue weighted by Crippen LogP contribution is 2.17. The lowest BCUT2D eigenvalue weighted by atomic mass is 9.95. The number of nitrogens with zero attached hydrogens (tertiary/aromatic N) is 2. The van der Waals surface area contributed by atoms with Crippen molar-refractivity contribution in [3.05, 3.63) is 35.4 Å². The topological polar surface area (TPSA) is 35.6 Å². The van der Waals surface area contributed by atoms with Crippen molar-refractivity contribution in [2.24, 2.45) is 0 Å². The fraction of sp³-hybridized carbons (Fsp3) is 0.562. The maximum absolute atomic E-state index is 12.7. The van der Waals surface area contributed by atoms with Crippen LogP contribution in [0.2, 0.25) is 0 Å². The summed E-state index contributed by atoms with van der Waals surface area (Å²) in [6, 6.07) is 8.37. The number of carbonyl (C=O) groups excluding carboxylic acids is 1. The van der Waals surface area contributed by atoms with E-state index in [4.69, 9.17) is 0 Å². The zero-order valence-electron chi connectivity index (χ0n) is 12.1. The van der Waals surface area contributed by atoms with E-state index >= 15 is 0 Å². The van der Waals surface area contributed by atoms with Gasteiger partial charge in [0.05, 0.1) is 6.04 Å². The van der Waals surface area contributed by atoms with E-state index in [0.717, 1.165) is 45.6 Å². The molecule has 0 saturated carbocycles. The van der Waals surface area contributed by atoms with Crippen molar-refractivity contribution < 1.29 is 4.79 Å². The minimum atomic E-state index is -0.0479. The van der Waals surface area contributed by atoms with Crippen molar-refractivity contribution >= 4 is 5.91 Å². The highest BCUT2D eigenvalue weighted by molar-refractivity contribution is 5.82. The van der Waals surface area contributed by atoms with Crippen LogP contribution in [0.25, 0.3) is 0 Å². The summed E-state index contributed by atoms with van der Waals surface area (Å²) in [7, 11) is 2.13. The predicted molar refractivity (Wildman–Crippen MR) is 79.5 cm³/mol. The van der Waals surface area contributed by atoms with Crippen molar-refractivity contribution in [3.8, 4) is 0 Å². The van der Waals surface area contributed by atoms with Crippen LogP contribution in [0.3, 0.4) is 0 Å². The lowest BCUT2D eigenvalue weighted by Gasteiger charge is -2.30. The van der Waals surface area contributed by atoms with Crippen LogP contribution in [0.15, 0.2) is 24.3 Å². The van der Waals surface area contributed by atoms with Crippen molar-refractivity contribution in [1.29, 1.82) is 0 Å². The molecule has 1 saturated heterocycles. The predicted octanol–water partition coefficient (Wildman–Crippen LogP) is 0.865. The molecule has 1 aromatic carbocycles. The van der Waals surface area contributed by atoms with Crippen LogP contribution in [-0.2, 0) is 17.8 Å². The molecule has 0 aromatic heterocycles. The largest absolute Gasteiger partial charge is 0.340 e. The van der Waals surface area contributed by atoms with Crippen LogP contribution in [0, 0.1) is 0 Å². The normalized spacial score (nSPS) is 24.1.